The van der Waals surface area contributed by atoms with E-state index in [0.717, 1.165) is 16.4 Å². The first-order valence-electron chi connectivity index (χ1n) is 8.85. The summed E-state index contributed by atoms with van der Waals surface area (Å²) >= 11 is 0. The van der Waals surface area contributed by atoms with Gasteiger partial charge >= 0.3 is 13.2 Å². The number of carbonyl (C=O) groups excluding carboxylic acids is 1. The second-order valence-corrected chi connectivity index (χ2v) is 8.68. The lowest BCUT2D eigenvalue weighted by Gasteiger charge is -2.32. The van der Waals surface area contributed by atoms with E-state index in [9.17, 15) is 4.79 Å². The summed E-state index contributed by atoms with van der Waals surface area (Å²) in [6.45, 7) is 13.6. The Kier molecular flexibility index (Phi) is 4.36. The second-order valence-electron chi connectivity index (χ2n) is 8.68. The lowest BCUT2D eigenvalue weighted by atomic mass is 9.77. The van der Waals surface area contributed by atoms with E-state index in [1.54, 1.807) is 0 Å². The van der Waals surface area contributed by atoms with E-state index in [1.807, 2.05) is 72.9 Å². The number of ether oxygens (including phenoxy) is 1. The minimum Gasteiger partial charge on any atom is -0.444 e. The average Bonchev–Trinajstić information content (AvgIpc) is 3.00. The van der Waals surface area contributed by atoms with E-state index < -0.39 is 30.0 Å². The van der Waals surface area contributed by atoms with Crippen LogP contribution in [0.4, 0.5) is 10.5 Å². The van der Waals surface area contributed by atoms with Crippen LogP contribution < -0.4 is 10.8 Å². The molecule has 2 aromatic rings. The van der Waals surface area contributed by atoms with Crippen LogP contribution in [0.3, 0.4) is 0 Å². The summed E-state index contributed by atoms with van der Waals surface area (Å²) < 4.78 is 17.7. The van der Waals surface area contributed by atoms with Crippen molar-refractivity contribution in [3.63, 3.8) is 0 Å². The predicted molar refractivity (Wildman–Crippen MR) is 104 cm³/mol. The van der Waals surface area contributed by atoms with E-state index >= 15 is 0 Å². The van der Waals surface area contributed by atoms with Crippen LogP contribution in [-0.2, 0) is 14.0 Å². The highest BCUT2D eigenvalue weighted by atomic mass is 16.7. The van der Waals surface area contributed by atoms with Crippen molar-refractivity contribution in [2.24, 2.45) is 0 Å². The molecule has 1 fully saturated rings. The number of hydrogen-bond acceptors (Lipinski definition) is 4. The van der Waals surface area contributed by atoms with Crippen molar-refractivity contribution in [2.45, 2.75) is 65.3 Å². The van der Waals surface area contributed by atoms with E-state index in [1.165, 1.54) is 0 Å². The molecule has 0 bridgehead atoms. The average molecular weight is 358 g/mol. The molecule has 1 saturated heterocycles. The lowest BCUT2D eigenvalue weighted by Crippen LogP contribution is -2.41. The van der Waals surface area contributed by atoms with Gasteiger partial charge in [-0.1, -0.05) is 6.07 Å². The van der Waals surface area contributed by atoms with Crippen molar-refractivity contribution < 1.29 is 18.8 Å². The highest BCUT2D eigenvalue weighted by molar-refractivity contribution is 6.65. The number of anilines is 1. The number of H-pyrrole nitrogens is 1. The van der Waals surface area contributed by atoms with Gasteiger partial charge in [0, 0.05) is 22.6 Å². The number of nitrogens with one attached hydrogen (secondary N) is 2. The smallest absolute Gasteiger partial charge is 0.444 e. The van der Waals surface area contributed by atoms with Crippen molar-refractivity contribution in [2.75, 3.05) is 5.32 Å². The maximum absolute atomic E-state index is 12.1. The van der Waals surface area contributed by atoms with Crippen molar-refractivity contribution in [3.8, 4) is 0 Å². The lowest BCUT2D eigenvalue weighted by molar-refractivity contribution is 0.00578. The van der Waals surface area contributed by atoms with Crippen LogP contribution in [0, 0.1) is 0 Å². The molecule has 26 heavy (non-hydrogen) atoms. The number of rotatable bonds is 2. The summed E-state index contributed by atoms with van der Waals surface area (Å²) in [7, 11) is -0.475. The Morgan fingerprint density at radius 1 is 1.12 bits per heavy atom. The SMILES string of the molecule is CC(C)(C)OC(=O)Nc1ccc(B2OC(C)(C)C(C)(C)O2)c2[nH]ccc12. The van der Waals surface area contributed by atoms with Crippen molar-refractivity contribution in [3.05, 3.63) is 24.4 Å². The third-order valence-electron chi connectivity index (χ3n) is 4.90. The van der Waals surface area contributed by atoms with E-state index in [2.05, 4.69) is 10.3 Å². The quantitative estimate of drug-likeness (QED) is 0.801. The van der Waals surface area contributed by atoms with Crippen LogP contribution in [0.25, 0.3) is 10.9 Å². The van der Waals surface area contributed by atoms with Gasteiger partial charge in [0.05, 0.1) is 16.9 Å². The zero-order valence-corrected chi connectivity index (χ0v) is 16.5. The first-order valence-corrected chi connectivity index (χ1v) is 8.85. The molecule has 6 nitrogen and oxygen atoms in total. The minimum atomic E-state index is -0.552. The number of amides is 1. The Morgan fingerprint density at radius 2 is 1.73 bits per heavy atom. The molecule has 1 aliphatic heterocycles. The summed E-state index contributed by atoms with van der Waals surface area (Å²) in [5.74, 6) is 0. The van der Waals surface area contributed by atoms with Crippen LogP contribution in [0.1, 0.15) is 48.5 Å². The summed E-state index contributed by atoms with van der Waals surface area (Å²) in [6, 6.07) is 5.67. The molecular weight excluding hydrogens is 331 g/mol. The number of hydrogen-bond donors (Lipinski definition) is 2. The Labute approximate surface area is 154 Å². The van der Waals surface area contributed by atoms with Gasteiger partial charge in [0.2, 0.25) is 0 Å². The van der Waals surface area contributed by atoms with Gasteiger partial charge in [-0.2, -0.15) is 0 Å². The first-order chi connectivity index (χ1) is 11.9. The Hall–Kier alpha value is -1.99. The van der Waals surface area contributed by atoms with Crippen LogP contribution in [-0.4, -0.2) is 35.0 Å². The van der Waals surface area contributed by atoms with Gasteiger partial charge in [0.1, 0.15) is 5.60 Å². The van der Waals surface area contributed by atoms with Crippen LogP contribution in [0.15, 0.2) is 24.4 Å². The van der Waals surface area contributed by atoms with E-state index in [-0.39, 0.29) is 0 Å². The van der Waals surface area contributed by atoms with Gasteiger partial charge in [-0.15, -0.1) is 0 Å². The first kappa shape index (κ1) is 18.8. The Balaban J connectivity index is 1.90. The van der Waals surface area contributed by atoms with Crippen molar-refractivity contribution in [1.29, 1.82) is 0 Å². The van der Waals surface area contributed by atoms with Gasteiger partial charge in [-0.05, 0) is 60.6 Å². The highest BCUT2D eigenvalue weighted by Crippen LogP contribution is 2.37. The number of benzene rings is 1. The molecule has 2 heterocycles. The maximum atomic E-state index is 12.1. The fraction of sp³-hybridized carbons (Fsp3) is 0.526. The summed E-state index contributed by atoms with van der Waals surface area (Å²) in [4.78, 5) is 15.3. The molecule has 7 heteroatoms. The molecule has 1 aromatic carbocycles. The molecule has 0 aliphatic carbocycles. The maximum Gasteiger partial charge on any atom is 0.497 e. The highest BCUT2D eigenvalue weighted by Gasteiger charge is 2.52. The third kappa shape index (κ3) is 3.46. The fourth-order valence-corrected chi connectivity index (χ4v) is 2.87. The van der Waals surface area contributed by atoms with Gasteiger partial charge < -0.3 is 19.0 Å². The predicted octanol–water partition coefficient (Wildman–Crippen LogP) is 3.81. The van der Waals surface area contributed by atoms with E-state index in [0.29, 0.717) is 5.69 Å². The molecular formula is C19H27BN2O4. The number of aromatic nitrogens is 1. The van der Waals surface area contributed by atoms with Crippen LogP contribution in [0.2, 0.25) is 0 Å². The van der Waals surface area contributed by atoms with E-state index in [4.69, 9.17) is 14.0 Å². The second kappa shape index (κ2) is 6.03. The Bertz CT molecular complexity index is 820. The number of aromatic amines is 1. The summed E-state index contributed by atoms with van der Waals surface area (Å²) in [6.07, 6.45) is 1.35. The van der Waals surface area contributed by atoms with Crippen LogP contribution >= 0.6 is 0 Å². The fourth-order valence-electron chi connectivity index (χ4n) is 2.87. The molecule has 0 unspecified atom stereocenters. The number of carbonyl (C=O) groups is 1. The normalized spacial score (nSPS) is 19.0. The van der Waals surface area contributed by atoms with Crippen molar-refractivity contribution >= 4 is 35.3 Å². The molecule has 140 valence electrons. The topological polar surface area (TPSA) is 72.6 Å². The van der Waals surface area contributed by atoms with Gasteiger partial charge in [0.15, 0.2) is 0 Å². The van der Waals surface area contributed by atoms with Crippen LogP contribution in [0.5, 0.6) is 0 Å². The molecule has 0 spiro atoms. The summed E-state index contributed by atoms with van der Waals surface area (Å²) in [5.41, 5.74) is 1.07. The van der Waals surface area contributed by atoms with Gasteiger partial charge in [-0.3, -0.25) is 5.32 Å². The molecule has 2 N–H and O–H groups in total. The van der Waals surface area contributed by atoms with Gasteiger partial charge in [0.25, 0.3) is 0 Å². The molecule has 0 saturated carbocycles. The number of fused-ring (bicyclic) bond motifs is 1. The Morgan fingerprint density at radius 3 is 2.31 bits per heavy atom. The largest absolute Gasteiger partial charge is 0.497 e. The third-order valence-corrected chi connectivity index (χ3v) is 4.90. The molecule has 0 radical (unpaired) electrons. The molecule has 1 amide bonds. The minimum absolute atomic E-state index is 0.413. The zero-order valence-electron chi connectivity index (χ0n) is 16.5. The van der Waals surface area contributed by atoms with Crippen molar-refractivity contribution in [1.82, 2.24) is 4.98 Å². The standard InChI is InChI=1S/C19H27BN2O4/c1-17(2,3)24-16(23)22-14-9-8-13(15-12(14)10-11-21-15)20-25-18(4,5)19(6,7)26-20/h8-11,21H,1-7H3,(H,22,23). The zero-order chi connectivity index (χ0) is 19.3. The molecule has 3 rings (SSSR count). The monoisotopic (exact) mass is 358 g/mol. The molecule has 0 atom stereocenters. The molecule has 1 aliphatic rings. The summed E-state index contributed by atoms with van der Waals surface area (Å²) in [5, 5.41) is 3.69. The van der Waals surface area contributed by atoms with Gasteiger partial charge in [-0.25, -0.2) is 4.79 Å². The molecule has 1 aromatic heterocycles.